The van der Waals surface area contributed by atoms with Gasteiger partial charge in [0.25, 0.3) is 0 Å². The molecule has 20 heavy (non-hydrogen) atoms. The third-order valence-corrected chi connectivity index (χ3v) is 2.30. The zero-order chi connectivity index (χ0) is 12.9. The van der Waals surface area contributed by atoms with Crippen LogP contribution in [-0.4, -0.2) is 15.1 Å². The monoisotopic (exact) mass is 362 g/mol. The van der Waals surface area contributed by atoms with Gasteiger partial charge in [0.2, 0.25) is 0 Å². The van der Waals surface area contributed by atoms with Crippen molar-refractivity contribution in [2.75, 3.05) is 0 Å². The van der Waals surface area contributed by atoms with Gasteiger partial charge in [0.1, 0.15) is 0 Å². The molecule has 1 aliphatic rings. The van der Waals surface area contributed by atoms with Gasteiger partial charge in [0.15, 0.2) is 0 Å². The summed E-state index contributed by atoms with van der Waals surface area (Å²) in [6, 6.07) is 8.71. The van der Waals surface area contributed by atoms with E-state index in [0.29, 0.717) is 0 Å². The Hall–Kier alpha value is 0.431. The van der Waals surface area contributed by atoms with E-state index in [1.165, 1.54) is 11.1 Å². The summed E-state index contributed by atoms with van der Waals surface area (Å²) in [7, 11) is 1.08. The number of nitrogens with zero attached hydrogens (tertiary/aromatic N) is 1. The fraction of sp³-hybridized carbons (Fsp3) is 0.467. The predicted octanol–water partition coefficient (Wildman–Crippen LogP) is -1.28. The Morgan fingerprint density at radius 1 is 1.05 bits per heavy atom. The Morgan fingerprint density at radius 3 is 2.05 bits per heavy atom. The smallest absolute Gasteiger partial charge is 1.00 e. The van der Waals surface area contributed by atoms with Gasteiger partial charge in [-0.25, -0.2) is 0 Å². The van der Waals surface area contributed by atoms with E-state index < -0.39 is 0 Å². The zero-order valence-electron chi connectivity index (χ0n) is 12.7. The Bertz CT molecular complexity index is 392. The molecule has 0 spiro atoms. The van der Waals surface area contributed by atoms with Gasteiger partial charge in [-0.1, -0.05) is 81.9 Å². The van der Waals surface area contributed by atoms with Crippen molar-refractivity contribution >= 4 is 15.6 Å². The summed E-state index contributed by atoms with van der Waals surface area (Å²) in [5.74, 6) is 0. The topological polar surface area (TPSA) is 14.1 Å². The zero-order valence-corrected chi connectivity index (χ0v) is 16.8. The van der Waals surface area contributed by atoms with Crippen LogP contribution in [0.25, 0.3) is 11.4 Å². The molecular formula is C15H22Cl2NSiTi. The van der Waals surface area contributed by atoms with Crippen LogP contribution >= 0.6 is 0 Å². The summed E-state index contributed by atoms with van der Waals surface area (Å²) in [5.41, 5.74) is 2.68. The molecule has 0 bridgehead atoms. The van der Waals surface area contributed by atoms with Crippen molar-refractivity contribution in [3.8, 4) is 0 Å². The minimum Gasteiger partial charge on any atom is -1.00 e. The molecule has 0 fully saturated rings. The van der Waals surface area contributed by atoms with Gasteiger partial charge in [-0.15, -0.1) is 5.54 Å². The van der Waals surface area contributed by atoms with Crippen LogP contribution in [0.2, 0.25) is 13.1 Å². The first-order chi connectivity index (χ1) is 7.98. The van der Waals surface area contributed by atoms with E-state index in [4.69, 9.17) is 5.32 Å². The van der Waals surface area contributed by atoms with E-state index in [9.17, 15) is 0 Å². The maximum absolute atomic E-state index is 4.76. The predicted molar refractivity (Wildman–Crippen MR) is 78.8 cm³/mol. The molecule has 2 rings (SSSR count). The molecule has 5 heteroatoms. The maximum atomic E-state index is 4.76. The van der Waals surface area contributed by atoms with Crippen molar-refractivity contribution in [1.29, 1.82) is 0 Å². The van der Waals surface area contributed by atoms with Gasteiger partial charge in [-0.3, -0.25) is 0 Å². The summed E-state index contributed by atoms with van der Waals surface area (Å²) in [6.07, 6.45) is 4.34. The number of fused-ring (bicyclic) bond motifs is 1. The molecule has 1 aliphatic carbocycles. The van der Waals surface area contributed by atoms with Gasteiger partial charge in [-0.2, -0.15) is 0 Å². The molecule has 0 heterocycles. The van der Waals surface area contributed by atoms with Gasteiger partial charge >= 0.3 is 21.7 Å². The third kappa shape index (κ3) is 8.66. The van der Waals surface area contributed by atoms with Gasteiger partial charge in [0.05, 0.1) is 0 Å². The van der Waals surface area contributed by atoms with Gasteiger partial charge in [-0.05, 0) is 5.56 Å². The number of hydrogen-bond acceptors (Lipinski definition) is 0. The van der Waals surface area contributed by atoms with Crippen LogP contribution in [0.1, 0.15) is 37.9 Å². The van der Waals surface area contributed by atoms with E-state index in [0.717, 1.165) is 9.52 Å². The molecule has 0 aromatic heterocycles. The summed E-state index contributed by atoms with van der Waals surface area (Å²) < 4.78 is 0. The van der Waals surface area contributed by atoms with Crippen molar-refractivity contribution in [3.05, 3.63) is 46.8 Å². The van der Waals surface area contributed by atoms with Gasteiger partial charge < -0.3 is 30.1 Å². The van der Waals surface area contributed by atoms with Crippen LogP contribution < -0.4 is 24.8 Å². The van der Waals surface area contributed by atoms with E-state index in [-0.39, 0.29) is 58.1 Å². The number of benzene rings is 1. The van der Waals surface area contributed by atoms with Gasteiger partial charge in [0, 0.05) is 9.52 Å². The molecule has 1 nitrogen and oxygen atoms in total. The quantitative estimate of drug-likeness (QED) is 0.552. The number of rotatable bonds is 1. The van der Waals surface area contributed by atoms with Crippen molar-refractivity contribution in [3.63, 3.8) is 0 Å². The van der Waals surface area contributed by atoms with Crippen LogP contribution in [0.4, 0.5) is 0 Å². The molecular weight excluding hydrogens is 341 g/mol. The normalized spacial score (nSPS) is 14.8. The Morgan fingerprint density at radius 2 is 1.55 bits per heavy atom. The second-order valence-corrected chi connectivity index (χ2v) is 6.23. The first-order valence-electron chi connectivity index (χ1n) is 6.05. The Kier molecular flexibility index (Phi) is 15.3. The molecule has 1 aromatic rings. The van der Waals surface area contributed by atoms with Crippen molar-refractivity contribution in [1.82, 2.24) is 0 Å². The van der Waals surface area contributed by atoms with Crippen molar-refractivity contribution in [2.24, 2.45) is 0 Å². The fourth-order valence-electron chi connectivity index (χ4n) is 1.76. The van der Waals surface area contributed by atoms with Crippen LogP contribution in [0, 0.1) is 0 Å². The van der Waals surface area contributed by atoms with Crippen LogP contribution in [-0.2, 0) is 21.7 Å². The van der Waals surface area contributed by atoms with E-state index in [1.807, 2.05) is 0 Å². The van der Waals surface area contributed by atoms with Crippen LogP contribution in [0.15, 0.2) is 30.3 Å². The number of hydrogen-bond donors (Lipinski definition) is 0. The molecule has 3 radical (unpaired) electrons. The van der Waals surface area contributed by atoms with Crippen LogP contribution in [0.5, 0.6) is 0 Å². The standard InChI is InChI=1S/C13H16N.C2H6Si.2ClH.Ti/c1-13(2,3)14-12-9-8-10-6-4-5-7-11(10)12;1-3-2;;;/h4-9,12H,1-3H3;1-2H3;2*1H;/q-1;;;;+3/p-2. The van der Waals surface area contributed by atoms with E-state index >= 15 is 0 Å². The Balaban J connectivity index is -0.000000445. The largest absolute Gasteiger partial charge is 3.00 e. The van der Waals surface area contributed by atoms with Crippen LogP contribution in [0.3, 0.4) is 0 Å². The molecule has 1 atom stereocenters. The first kappa shape index (κ1) is 25.4. The average molecular weight is 363 g/mol. The van der Waals surface area contributed by atoms with Crippen molar-refractivity contribution < 1.29 is 46.5 Å². The molecule has 109 valence electrons. The third-order valence-electron chi connectivity index (χ3n) is 2.30. The summed E-state index contributed by atoms with van der Waals surface area (Å²) in [4.78, 5) is 0. The summed E-state index contributed by atoms with van der Waals surface area (Å²) in [6.45, 7) is 10.7. The minimum atomic E-state index is 0. The van der Waals surface area contributed by atoms with Crippen molar-refractivity contribution in [2.45, 2.75) is 45.4 Å². The van der Waals surface area contributed by atoms with E-state index in [2.05, 4.69) is 70.3 Å². The second kappa shape index (κ2) is 12.0. The molecule has 1 unspecified atom stereocenters. The fourth-order valence-corrected chi connectivity index (χ4v) is 1.76. The second-order valence-electron chi connectivity index (χ2n) is 5.23. The number of halogens is 2. The average Bonchev–Trinajstić information content (AvgIpc) is 2.61. The summed E-state index contributed by atoms with van der Waals surface area (Å²) in [5, 5.41) is 4.76. The minimum absolute atomic E-state index is 0. The molecule has 0 aliphatic heterocycles. The first-order valence-corrected chi connectivity index (χ1v) is 8.05. The Labute approximate surface area is 153 Å². The van der Waals surface area contributed by atoms with E-state index in [1.54, 1.807) is 0 Å². The summed E-state index contributed by atoms with van der Waals surface area (Å²) >= 11 is 0. The molecule has 0 N–H and O–H groups in total. The SMILES string of the molecule is CC(C)(C)[N-]C1C=Cc2ccccc21.C[Si]C.[Cl-].[Cl-].[Ti+3]. The molecule has 0 saturated carbocycles. The molecule has 1 aromatic carbocycles. The maximum Gasteiger partial charge on any atom is 3.00 e. The molecule has 0 amide bonds. The molecule has 0 saturated heterocycles.